The van der Waals surface area contributed by atoms with Gasteiger partial charge in [0.1, 0.15) is 5.75 Å². The van der Waals surface area contributed by atoms with Crippen molar-refractivity contribution in [3.8, 4) is 5.75 Å². The average Bonchev–Trinajstić information content (AvgIpc) is 3.17. The lowest BCUT2D eigenvalue weighted by Gasteiger charge is -2.06. The first-order chi connectivity index (χ1) is 8.65. The van der Waals surface area contributed by atoms with Crippen LogP contribution in [0.5, 0.6) is 5.75 Å². The van der Waals surface area contributed by atoms with Gasteiger partial charge in [0.05, 0.1) is 0 Å². The highest BCUT2D eigenvalue weighted by molar-refractivity contribution is 5.88. The summed E-state index contributed by atoms with van der Waals surface area (Å²) in [4.78, 5) is 11.5. The van der Waals surface area contributed by atoms with Crippen LogP contribution in [-0.4, -0.2) is 18.2 Å². The lowest BCUT2D eigenvalue weighted by atomic mass is 10.2. The fourth-order valence-electron chi connectivity index (χ4n) is 1.63. The van der Waals surface area contributed by atoms with E-state index in [2.05, 4.69) is 10.5 Å². The van der Waals surface area contributed by atoms with Gasteiger partial charge in [-0.25, -0.2) is 5.43 Å². The van der Waals surface area contributed by atoms with Gasteiger partial charge < -0.3 is 4.74 Å². The maximum Gasteiger partial charge on any atom is 0.277 e. The van der Waals surface area contributed by atoms with Crippen LogP contribution in [0.3, 0.4) is 0 Å². The molecule has 1 fully saturated rings. The molecule has 0 atom stereocenters. The number of hydrazone groups is 1. The molecule has 0 spiro atoms. The summed E-state index contributed by atoms with van der Waals surface area (Å²) in [6.07, 6.45) is 2.37. The first kappa shape index (κ1) is 12.6. The van der Waals surface area contributed by atoms with Crippen molar-refractivity contribution in [3.63, 3.8) is 0 Å². The zero-order valence-electron chi connectivity index (χ0n) is 10.8. The van der Waals surface area contributed by atoms with Crippen molar-refractivity contribution in [2.75, 3.05) is 6.61 Å². The van der Waals surface area contributed by atoms with Gasteiger partial charge in [0, 0.05) is 5.71 Å². The topological polar surface area (TPSA) is 50.7 Å². The highest BCUT2D eigenvalue weighted by atomic mass is 16.5. The Bertz CT molecular complexity index is 465. The molecule has 18 heavy (non-hydrogen) atoms. The van der Waals surface area contributed by atoms with Gasteiger partial charge in [0.25, 0.3) is 5.91 Å². The van der Waals surface area contributed by atoms with Crippen molar-refractivity contribution in [1.82, 2.24) is 5.43 Å². The average molecular weight is 246 g/mol. The summed E-state index contributed by atoms with van der Waals surface area (Å²) in [5.41, 5.74) is 4.62. The molecule has 1 aliphatic carbocycles. The molecule has 0 radical (unpaired) electrons. The molecule has 1 aromatic rings. The minimum atomic E-state index is -0.225. The second-order valence-corrected chi connectivity index (χ2v) is 4.67. The molecule has 1 aliphatic rings. The van der Waals surface area contributed by atoms with Crippen LogP contribution in [0, 0.1) is 12.8 Å². The van der Waals surface area contributed by atoms with Gasteiger partial charge in [-0.3, -0.25) is 4.79 Å². The van der Waals surface area contributed by atoms with Crippen molar-refractivity contribution in [2.45, 2.75) is 26.7 Å². The molecular weight excluding hydrogens is 228 g/mol. The number of hydrogen-bond donors (Lipinski definition) is 1. The SMILES string of the molecule is C/C(=N\NC(=O)COc1cccc(C)c1)C1CC1. The van der Waals surface area contributed by atoms with Crippen molar-refractivity contribution in [3.05, 3.63) is 29.8 Å². The molecule has 1 saturated carbocycles. The third-order valence-electron chi connectivity index (χ3n) is 2.88. The number of nitrogens with one attached hydrogen (secondary N) is 1. The van der Waals surface area contributed by atoms with Gasteiger partial charge in [0.15, 0.2) is 6.61 Å². The summed E-state index contributed by atoms with van der Waals surface area (Å²) in [7, 11) is 0. The molecule has 4 nitrogen and oxygen atoms in total. The summed E-state index contributed by atoms with van der Waals surface area (Å²) < 4.78 is 5.38. The summed E-state index contributed by atoms with van der Waals surface area (Å²) in [6.45, 7) is 3.92. The van der Waals surface area contributed by atoms with Gasteiger partial charge in [-0.1, -0.05) is 12.1 Å². The lowest BCUT2D eigenvalue weighted by Crippen LogP contribution is -2.25. The van der Waals surface area contributed by atoms with E-state index in [4.69, 9.17) is 4.74 Å². The zero-order valence-corrected chi connectivity index (χ0v) is 10.8. The molecule has 0 saturated heterocycles. The Balaban J connectivity index is 1.76. The lowest BCUT2D eigenvalue weighted by molar-refractivity contribution is -0.123. The quantitative estimate of drug-likeness (QED) is 0.640. The Morgan fingerprint density at radius 1 is 1.50 bits per heavy atom. The second-order valence-electron chi connectivity index (χ2n) is 4.67. The van der Waals surface area contributed by atoms with E-state index < -0.39 is 0 Å². The number of carbonyl (C=O) groups is 1. The van der Waals surface area contributed by atoms with E-state index >= 15 is 0 Å². The summed E-state index contributed by atoms with van der Waals surface area (Å²) in [5.74, 6) is 1.05. The number of hydrogen-bond acceptors (Lipinski definition) is 3. The predicted molar refractivity (Wildman–Crippen MR) is 70.6 cm³/mol. The van der Waals surface area contributed by atoms with Crippen LogP contribution in [0.15, 0.2) is 29.4 Å². The number of amides is 1. The third-order valence-corrected chi connectivity index (χ3v) is 2.88. The van der Waals surface area contributed by atoms with Crippen LogP contribution in [0.2, 0.25) is 0 Å². The highest BCUT2D eigenvalue weighted by Gasteiger charge is 2.24. The van der Waals surface area contributed by atoms with Crippen molar-refractivity contribution in [2.24, 2.45) is 11.0 Å². The Labute approximate surface area is 107 Å². The molecule has 1 N–H and O–H groups in total. The van der Waals surface area contributed by atoms with Crippen molar-refractivity contribution < 1.29 is 9.53 Å². The van der Waals surface area contributed by atoms with Gasteiger partial charge in [-0.15, -0.1) is 0 Å². The van der Waals surface area contributed by atoms with Crippen LogP contribution >= 0.6 is 0 Å². The van der Waals surface area contributed by atoms with Crippen LogP contribution in [0.1, 0.15) is 25.3 Å². The molecule has 0 aliphatic heterocycles. The Hall–Kier alpha value is -1.84. The van der Waals surface area contributed by atoms with E-state index in [1.807, 2.05) is 38.1 Å². The highest BCUT2D eigenvalue weighted by Crippen LogP contribution is 2.30. The maximum atomic E-state index is 11.5. The van der Waals surface area contributed by atoms with E-state index in [0.717, 1.165) is 11.3 Å². The smallest absolute Gasteiger partial charge is 0.277 e. The third kappa shape index (κ3) is 3.87. The molecule has 0 aromatic heterocycles. The standard InChI is InChI=1S/C14H18N2O2/c1-10-4-3-5-13(8-10)18-9-14(17)16-15-11(2)12-6-7-12/h3-5,8,12H,6-7,9H2,1-2H3,(H,16,17)/b15-11+. The normalized spacial score (nSPS) is 15.3. The van der Waals surface area contributed by atoms with Crippen LogP contribution in [0.4, 0.5) is 0 Å². The summed E-state index contributed by atoms with van der Waals surface area (Å²) in [5, 5.41) is 4.05. The Morgan fingerprint density at radius 2 is 2.28 bits per heavy atom. The molecule has 0 unspecified atom stereocenters. The van der Waals surface area contributed by atoms with E-state index in [0.29, 0.717) is 11.7 Å². The summed E-state index contributed by atoms with van der Waals surface area (Å²) >= 11 is 0. The number of benzene rings is 1. The van der Waals surface area contributed by atoms with E-state index in [-0.39, 0.29) is 12.5 Å². The Morgan fingerprint density at radius 3 is 2.94 bits per heavy atom. The number of nitrogens with zero attached hydrogens (tertiary/aromatic N) is 1. The van der Waals surface area contributed by atoms with E-state index in [1.54, 1.807) is 0 Å². The predicted octanol–water partition coefficient (Wildman–Crippen LogP) is 2.28. The molecule has 1 amide bonds. The van der Waals surface area contributed by atoms with E-state index in [9.17, 15) is 4.79 Å². The molecular formula is C14H18N2O2. The van der Waals surface area contributed by atoms with Crippen LogP contribution in [-0.2, 0) is 4.79 Å². The minimum Gasteiger partial charge on any atom is -0.484 e. The molecule has 4 heteroatoms. The molecule has 0 heterocycles. The zero-order chi connectivity index (χ0) is 13.0. The first-order valence-corrected chi connectivity index (χ1v) is 6.17. The Kier molecular flexibility index (Phi) is 3.97. The van der Waals surface area contributed by atoms with Crippen molar-refractivity contribution in [1.29, 1.82) is 0 Å². The molecule has 2 rings (SSSR count). The van der Waals surface area contributed by atoms with Gasteiger partial charge in [0.2, 0.25) is 0 Å². The van der Waals surface area contributed by atoms with Crippen LogP contribution < -0.4 is 10.2 Å². The molecule has 1 aromatic carbocycles. The first-order valence-electron chi connectivity index (χ1n) is 6.17. The number of rotatable bonds is 5. The minimum absolute atomic E-state index is 0.00903. The van der Waals surface area contributed by atoms with Gasteiger partial charge >= 0.3 is 0 Å². The fourth-order valence-corrected chi connectivity index (χ4v) is 1.63. The van der Waals surface area contributed by atoms with Gasteiger partial charge in [-0.2, -0.15) is 5.10 Å². The molecule has 0 bridgehead atoms. The number of ether oxygens (including phenoxy) is 1. The maximum absolute atomic E-state index is 11.5. The van der Waals surface area contributed by atoms with E-state index in [1.165, 1.54) is 12.8 Å². The van der Waals surface area contributed by atoms with Crippen molar-refractivity contribution >= 4 is 11.6 Å². The fraction of sp³-hybridized carbons (Fsp3) is 0.429. The number of carbonyl (C=O) groups excluding carboxylic acids is 1. The monoisotopic (exact) mass is 246 g/mol. The van der Waals surface area contributed by atoms with Crippen LogP contribution in [0.25, 0.3) is 0 Å². The molecule has 96 valence electrons. The number of aryl methyl sites for hydroxylation is 1. The largest absolute Gasteiger partial charge is 0.484 e. The summed E-state index contributed by atoms with van der Waals surface area (Å²) in [6, 6.07) is 7.61. The van der Waals surface area contributed by atoms with Gasteiger partial charge in [-0.05, 0) is 50.3 Å². The second kappa shape index (κ2) is 5.67.